The Morgan fingerprint density at radius 3 is 2.77 bits per heavy atom. The predicted molar refractivity (Wildman–Crippen MR) is 47.8 cm³/mol. The van der Waals surface area contributed by atoms with Gasteiger partial charge in [0.05, 0.1) is 0 Å². The summed E-state index contributed by atoms with van der Waals surface area (Å²) in [7, 11) is 0. The minimum Gasteiger partial charge on any atom is -0.477 e. The summed E-state index contributed by atoms with van der Waals surface area (Å²) in [4.78, 5) is 10.8. The minimum atomic E-state index is -0.977. The SMILES string of the molecule is O=C(O)c1c(C2CCC2)noc1Br. The normalized spacial score (nSPS) is 17.0. The summed E-state index contributed by atoms with van der Waals surface area (Å²) in [5.74, 6) is -0.698. The number of carboxylic acids is 1. The van der Waals surface area contributed by atoms with Crippen molar-refractivity contribution in [2.45, 2.75) is 25.2 Å². The molecule has 0 atom stereocenters. The molecular formula is C8H8BrNO3. The molecule has 1 aliphatic rings. The van der Waals surface area contributed by atoms with Crippen LogP contribution in [0.25, 0.3) is 0 Å². The number of carbonyl (C=O) groups is 1. The number of rotatable bonds is 2. The zero-order valence-corrected chi connectivity index (χ0v) is 8.37. The molecule has 0 spiro atoms. The summed E-state index contributed by atoms with van der Waals surface area (Å²) >= 11 is 3.03. The van der Waals surface area contributed by atoms with Gasteiger partial charge in [-0.1, -0.05) is 11.6 Å². The van der Waals surface area contributed by atoms with Crippen LogP contribution in [0.2, 0.25) is 0 Å². The van der Waals surface area contributed by atoms with E-state index in [4.69, 9.17) is 9.63 Å². The van der Waals surface area contributed by atoms with Crippen LogP contribution in [0, 0.1) is 0 Å². The van der Waals surface area contributed by atoms with Gasteiger partial charge in [-0.2, -0.15) is 0 Å². The summed E-state index contributed by atoms with van der Waals surface area (Å²) in [5, 5.41) is 12.6. The Morgan fingerprint density at radius 1 is 1.62 bits per heavy atom. The van der Waals surface area contributed by atoms with Gasteiger partial charge in [-0.3, -0.25) is 0 Å². The van der Waals surface area contributed by atoms with Crippen molar-refractivity contribution in [1.82, 2.24) is 5.16 Å². The Bertz CT molecular complexity index is 343. The summed E-state index contributed by atoms with van der Waals surface area (Å²) < 4.78 is 5.02. The van der Waals surface area contributed by atoms with Crippen LogP contribution < -0.4 is 0 Å². The molecule has 0 saturated heterocycles. The molecule has 13 heavy (non-hydrogen) atoms. The van der Waals surface area contributed by atoms with Gasteiger partial charge in [0.2, 0.25) is 4.67 Å². The Hall–Kier alpha value is -0.840. The molecule has 1 N–H and O–H groups in total. The third-order valence-electron chi connectivity index (χ3n) is 2.38. The summed E-state index contributed by atoms with van der Waals surface area (Å²) in [6.45, 7) is 0. The first kappa shape index (κ1) is 8.74. The van der Waals surface area contributed by atoms with Crippen LogP contribution >= 0.6 is 15.9 Å². The van der Waals surface area contributed by atoms with Crippen molar-refractivity contribution in [3.8, 4) is 0 Å². The van der Waals surface area contributed by atoms with Gasteiger partial charge >= 0.3 is 5.97 Å². The second-order valence-corrected chi connectivity index (χ2v) is 3.87. The zero-order chi connectivity index (χ0) is 9.42. The van der Waals surface area contributed by atoms with E-state index in [1.54, 1.807) is 0 Å². The molecule has 0 unspecified atom stereocenters. The second-order valence-electron chi connectivity index (χ2n) is 3.15. The highest BCUT2D eigenvalue weighted by Gasteiger charge is 2.30. The van der Waals surface area contributed by atoms with Crippen molar-refractivity contribution >= 4 is 21.9 Å². The fourth-order valence-electron chi connectivity index (χ4n) is 1.44. The number of aromatic nitrogens is 1. The lowest BCUT2D eigenvalue weighted by Gasteiger charge is -2.22. The van der Waals surface area contributed by atoms with Crippen LogP contribution in [0.1, 0.15) is 41.2 Å². The molecule has 1 heterocycles. The van der Waals surface area contributed by atoms with Crippen LogP contribution in [-0.4, -0.2) is 16.2 Å². The summed E-state index contributed by atoms with van der Waals surface area (Å²) in [6, 6.07) is 0. The highest BCUT2D eigenvalue weighted by molar-refractivity contribution is 9.10. The van der Waals surface area contributed by atoms with Crippen molar-refractivity contribution < 1.29 is 14.4 Å². The fourth-order valence-corrected chi connectivity index (χ4v) is 1.88. The van der Waals surface area contributed by atoms with Gasteiger partial charge in [-0.25, -0.2) is 4.79 Å². The van der Waals surface area contributed by atoms with E-state index in [0.717, 1.165) is 19.3 Å². The average molecular weight is 246 g/mol. The average Bonchev–Trinajstić information content (AvgIpc) is 2.28. The third kappa shape index (κ3) is 1.37. The smallest absolute Gasteiger partial charge is 0.342 e. The molecule has 70 valence electrons. The van der Waals surface area contributed by atoms with Crippen molar-refractivity contribution in [3.05, 3.63) is 15.9 Å². The number of halogens is 1. The van der Waals surface area contributed by atoms with E-state index in [1.807, 2.05) is 0 Å². The first-order valence-electron chi connectivity index (χ1n) is 4.08. The molecule has 4 nitrogen and oxygen atoms in total. The zero-order valence-electron chi connectivity index (χ0n) is 6.79. The standard InChI is InChI=1S/C8H8BrNO3/c9-7-5(8(11)12)6(10-13-7)4-2-1-3-4/h4H,1-3H2,(H,11,12). The van der Waals surface area contributed by atoms with Crippen molar-refractivity contribution in [2.75, 3.05) is 0 Å². The lowest BCUT2D eigenvalue weighted by Crippen LogP contribution is -2.13. The van der Waals surface area contributed by atoms with E-state index in [-0.39, 0.29) is 16.2 Å². The third-order valence-corrected chi connectivity index (χ3v) is 2.92. The fraction of sp³-hybridized carbons (Fsp3) is 0.500. The molecule has 1 aliphatic carbocycles. The molecule has 5 heteroatoms. The van der Waals surface area contributed by atoms with Gasteiger partial charge in [0.1, 0.15) is 11.3 Å². The summed E-state index contributed by atoms with van der Waals surface area (Å²) in [5.41, 5.74) is 0.773. The largest absolute Gasteiger partial charge is 0.477 e. The highest BCUT2D eigenvalue weighted by Crippen LogP contribution is 2.39. The predicted octanol–water partition coefficient (Wildman–Crippen LogP) is 2.40. The van der Waals surface area contributed by atoms with E-state index in [0.29, 0.717) is 5.69 Å². The molecule has 2 rings (SSSR count). The van der Waals surface area contributed by atoms with Crippen molar-refractivity contribution in [3.63, 3.8) is 0 Å². The Morgan fingerprint density at radius 2 is 2.31 bits per heavy atom. The number of aromatic carboxylic acids is 1. The molecule has 1 aromatic rings. The Labute approximate surface area is 83.0 Å². The maximum absolute atomic E-state index is 10.8. The van der Waals surface area contributed by atoms with E-state index >= 15 is 0 Å². The monoisotopic (exact) mass is 245 g/mol. The van der Waals surface area contributed by atoms with E-state index in [1.165, 1.54) is 0 Å². The van der Waals surface area contributed by atoms with Crippen LogP contribution in [0.4, 0.5) is 0 Å². The van der Waals surface area contributed by atoms with Crippen molar-refractivity contribution in [1.29, 1.82) is 0 Å². The van der Waals surface area contributed by atoms with Crippen LogP contribution in [0.5, 0.6) is 0 Å². The lowest BCUT2D eigenvalue weighted by atomic mass is 9.82. The number of nitrogens with zero attached hydrogens (tertiary/aromatic N) is 1. The molecular weight excluding hydrogens is 238 g/mol. The maximum atomic E-state index is 10.8. The highest BCUT2D eigenvalue weighted by atomic mass is 79.9. The molecule has 0 aliphatic heterocycles. The Balaban J connectivity index is 2.38. The minimum absolute atomic E-state index is 0.185. The maximum Gasteiger partial charge on any atom is 0.342 e. The lowest BCUT2D eigenvalue weighted by molar-refractivity contribution is 0.0692. The van der Waals surface area contributed by atoms with Crippen LogP contribution in [0.3, 0.4) is 0 Å². The van der Waals surface area contributed by atoms with Gasteiger partial charge in [0.15, 0.2) is 0 Å². The van der Waals surface area contributed by atoms with Crippen LogP contribution in [0.15, 0.2) is 9.19 Å². The molecule has 1 fully saturated rings. The topological polar surface area (TPSA) is 63.3 Å². The first-order chi connectivity index (χ1) is 6.20. The molecule has 1 saturated carbocycles. The van der Waals surface area contributed by atoms with Gasteiger partial charge in [0, 0.05) is 5.92 Å². The molecule has 0 bridgehead atoms. The second kappa shape index (κ2) is 3.14. The Kier molecular flexibility index (Phi) is 2.11. The number of carboxylic acid groups (broad SMARTS) is 1. The van der Waals surface area contributed by atoms with Gasteiger partial charge in [0.25, 0.3) is 0 Å². The van der Waals surface area contributed by atoms with E-state index in [2.05, 4.69) is 21.1 Å². The van der Waals surface area contributed by atoms with E-state index < -0.39 is 5.97 Å². The molecule has 0 amide bonds. The molecule has 0 aromatic carbocycles. The molecule has 1 aromatic heterocycles. The number of hydrogen-bond acceptors (Lipinski definition) is 3. The van der Waals surface area contributed by atoms with Gasteiger partial charge in [-0.05, 0) is 28.8 Å². The first-order valence-corrected chi connectivity index (χ1v) is 4.88. The quantitative estimate of drug-likeness (QED) is 0.870. The molecule has 0 radical (unpaired) electrons. The van der Waals surface area contributed by atoms with Crippen molar-refractivity contribution in [2.24, 2.45) is 0 Å². The van der Waals surface area contributed by atoms with Gasteiger partial charge in [-0.15, -0.1) is 0 Å². The van der Waals surface area contributed by atoms with E-state index in [9.17, 15) is 4.79 Å². The summed E-state index contributed by atoms with van der Waals surface area (Å²) in [6.07, 6.45) is 3.17. The number of hydrogen-bond donors (Lipinski definition) is 1. The van der Waals surface area contributed by atoms with Gasteiger partial charge < -0.3 is 9.63 Å². The van der Waals surface area contributed by atoms with Crippen LogP contribution in [-0.2, 0) is 0 Å².